The third-order valence-electron chi connectivity index (χ3n) is 3.40. The Balaban J connectivity index is 1.98. The van der Waals surface area contributed by atoms with Crippen molar-refractivity contribution in [2.45, 2.75) is 32.2 Å². The second-order valence-corrected chi connectivity index (χ2v) is 4.55. The maximum absolute atomic E-state index is 5.37. The first-order chi connectivity index (χ1) is 8.83. The molecule has 0 saturated heterocycles. The van der Waals surface area contributed by atoms with Crippen LogP contribution >= 0.6 is 0 Å². The minimum atomic E-state index is 0.390. The standard InChI is InChI=1S/C16H21NO/c1-3-13-6-8-14(9-7-13)16(17-2)11-10-15-5-4-12-18-15/h4-9,12,16-17H,3,10-11H2,1-2H3. The van der Waals surface area contributed by atoms with Crippen molar-refractivity contribution in [3.63, 3.8) is 0 Å². The van der Waals surface area contributed by atoms with Gasteiger partial charge in [0.05, 0.1) is 6.26 Å². The van der Waals surface area contributed by atoms with E-state index in [0.717, 1.165) is 25.0 Å². The van der Waals surface area contributed by atoms with Crippen LogP contribution in [0.15, 0.2) is 47.1 Å². The summed E-state index contributed by atoms with van der Waals surface area (Å²) >= 11 is 0. The lowest BCUT2D eigenvalue weighted by atomic mass is 9.99. The molecule has 2 aromatic rings. The van der Waals surface area contributed by atoms with E-state index in [0.29, 0.717) is 6.04 Å². The lowest BCUT2D eigenvalue weighted by molar-refractivity contribution is 0.469. The predicted octanol–water partition coefficient (Wildman–Crippen LogP) is 3.74. The van der Waals surface area contributed by atoms with Crippen LogP contribution in [0.3, 0.4) is 0 Å². The highest BCUT2D eigenvalue weighted by Crippen LogP contribution is 2.19. The van der Waals surface area contributed by atoms with E-state index in [1.165, 1.54) is 11.1 Å². The summed E-state index contributed by atoms with van der Waals surface area (Å²) in [5, 5.41) is 3.38. The molecule has 0 spiro atoms. The van der Waals surface area contributed by atoms with Crippen molar-refractivity contribution < 1.29 is 4.42 Å². The van der Waals surface area contributed by atoms with Crippen LogP contribution in [0, 0.1) is 0 Å². The molecule has 0 radical (unpaired) electrons. The molecule has 2 heteroatoms. The highest BCUT2D eigenvalue weighted by molar-refractivity contribution is 5.25. The monoisotopic (exact) mass is 243 g/mol. The molecule has 1 aromatic carbocycles. The van der Waals surface area contributed by atoms with Gasteiger partial charge in [-0.15, -0.1) is 0 Å². The van der Waals surface area contributed by atoms with Crippen molar-refractivity contribution >= 4 is 0 Å². The summed E-state index contributed by atoms with van der Waals surface area (Å²) in [6.45, 7) is 2.18. The Kier molecular flexibility index (Phi) is 4.59. The number of hydrogen-bond donors (Lipinski definition) is 1. The van der Waals surface area contributed by atoms with Gasteiger partial charge in [0.15, 0.2) is 0 Å². The normalized spacial score (nSPS) is 12.6. The summed E-state index contributed by atoms with van der Waals surface area (Å²) in [5.74, 6) is 1.06. The van der Waals surface area contributed by atoms with Crippen molar-refractivity contribution in [1.82, 2.24) is 5.32 Å². The summed E-state index contributed by atoms with van der Waals surface area (Å²) in [4.78, 5) is 0. The van der Waals surface area contributed by atoms with Gasteiger partial charge in [-0.05, 0) is 43.1 Å². The number of nitrogens with one attached hydrogen (secondary N) is 1. The van der Waals surface area contributed by atoms with Gasteiger partial charge in [-0.1, -0.05) is 31.2 Å². The van der Waals surface area contributed by atoms with Crippen LogP contribution in [-0.4, -0.2) is 7.05 Å². The van der Waals surface area contributed by atoms with Crippen molar-refractivity contribution in [3.8, 4) is 0 Å². The topological polar surface area (TPSA) is 25.2 Å². The van der Waals surface area contributed by atoms with Crippen molar-refractivity contribution in [3.05, 3.63) is 59.5 Å². The summed E-state index contributed by atoms with van der Waals surface area (Å²) < 4.78 is 5.37. The minimum Gasteiger partial charge on any atom is -0.469 e. The molecule has 1 heterocycles. The summed E-state index contributed by atoms with van der Waals surface area (Å²) in [5.41, 5.74) is 2.74. The van der Waals surface area contributed by atoms with E-state index in [1.54, 1.807) is 6.26 Å². The maximum atomic E-state index is 5.37. The molecular weight excluding hydrogens is 222 g/mol. The molecule has 96 valence electrons. The first kappa shape index (κ1) is 12.9. The quantitative estimate of drug-likeness (QED) is 0.836. The number of aryl methyl sites for hydroxylation is 2. The van der Waals surface area contributed by atoms with Crippen LogP contribution in [0.5, 0.6) is 0 Å². The Morgan fingerprint density at radius 1 is 1.17 bits per heavy atom. The maximum Gasteiger partial charge on any atom is 0.103 e. The summed E-state index contributed by atoms with van der Waals surface area (Å²) in [7, 11) is 2.01. The van der Waals surface area contributed by atoms with Crippen molar-refractivity contribution in [1.29, 1.82) is 0 Å². The zero-order valence-corrected chi connectivity index (χ0v) is 11.1. The van der Waals surface area contributed by atoms with E-state index in [4.69, 9.17) is 4.42 Å². The van der Waals surface area contributed by atoms with Gasteiger partial charge < -0.3 is 9.73 Å². The Morgan fingerprint density at radius 3 is 2.50 bits per heavy atom. The van der Waals surface area contributed by atoms with E-state index >= 15 is 0 Å². The Labute approximate surface area is 109 Å². The van der Waals surface area contributed by atoms with Crippen molar-refractivity contribution in [2.75, 3.05) is 7.05 Å². The Morgan fingerprint density at radius 2 is 1.94 bits per heavy atom. The first-order valence-corrected chi connectivity index (χ1v) is 6.62. The van der Waals surface area contributed by atoms with Gasteiger partial charge in [-0.3, -0.25) is 0 Å². The summed E-state index contributed by atoms with van der Waals surface area (Å²) in [6, 6.07) is 13.2. The molecule has 1 unspecified atom stereocenters. The van der Waals surface area contributed by atoms with Crippen LogP contribution in [-0.2, 0) is 12.8 Å². The average Bonchev–Trinajstić information content (AvgIpc) is 2.93. The molecule has 0 fully saturated rings. The second kappa shape index (κ2) is 6.41. The van der Waals surface area contributed by atoms with Gasteiger partial charge in [0.25, 0.3) is 0 Å². The molecule has 0 saturated carbocycles. The van der Waals surface area contributed by atoms with Gasteiger partial charge in [0, 0.05) is 12.5 Å². The van der Waals surface area contributed by atoms with E-state index in [2.05, 4.69) is 36.5 Å². The molecular formula is C16H21NO. The number of furan rings is 1. The second-order valence-electron chi connectivity index (χ2n) is 4.55. The van der Waals surface area contributed by atoms with E-state index in [1.807, 2.05) is 19.2 Å². The molecule has 0 aliphatic rings. The van der Waals surface area contributed by atoms with Gasteiger partial charge in [0.2, 0.25) is 0 Å². The van der Waals surface area contributed by atoms with Crippen molar-refractivity contribution in [2.24, 2.45) is 0 Å². The third-order valence-corrected chi connectivity index (χ3v) is 3.40. The first-order valence-electron chi connectivity index (χ1n) is 6.62. The fourth-order valence-electron chi connectivity index (χ4n) is 2.20. The molecule has 2 rings (SSSR count). The molecule has 18 heavy (non-hydrogen) atoms. The molecule has 0 amide bonds. The minimum absolute atomic E-state index is 0.390. The Bertz CT molecular complexity index is 444. The van der Waals surface area contributed by atoms with Crippen LogP contribution in [0.4, 0.5) is 0 Å². The molecule has 1 aromatic heterocycles. The van der Waals surface area contributed by atoms with Crippen LogP contribution < -0.4 is 5.32 Å². The lowest BCUT2D eigenvalue weighted by Crippen LogP contribution is -2.17. The molecule has 1 N–H and O–H groups in total. The van der Waals surface area contributed by atoms with Gasteiger partial charge in [-0.2, -0.15) is 0 Å². The highest BCUT2D eigenvalue weighted by Gasteiger charge is 2.09. The fraction of sp³-hybridized carbons (Fsp3) is 0.375. The van der Waals surface area contributed by atoms with Gasteiger partial charge >= 0.3 is 0 Å². The third kappa shape index (κ3) is 3.23. The lowest BCUT2D eigenvalue weighted by Gasteiger charge is -2.16. The Hall–Kier alpha value is -1.54. The van der Waals surface area contributed by atoms with Crippen LogP contribution in [0.1, 0.15) is 36.3 Å². The SMILES string of the molecule is CCc1ccc(C(CCc2ccco2)NC)cc1. The van der Waals surface area contributed by atoms with E-state index in [-0.39, 0.29) is 0 Å². The molecule has 0 bridgehead atoms. The van der Waals surface area contributed by atoms with Gasteiger partial charge in [0.1, 0.15) is 5.76 Å². The zero-order chi connectivity index (χ0) is 12.8. The van der Waals surface area contributed by atoms with E-state index in [9.17, 15) is 0 Å². The zero-order valence-electron chi connectivity index (χ0n) is 11.1. The number of rotatable bonds is 6. The van der Waals surface area contributed by atoms with Crippen LogP contribution in [0.2, 0.25) is 0 Å². The molecule has 0 aliphatic carbocycles. The predicted molar refractivity (Wildman–Crippen MR) is 74.6 cm³/mol. The molecule has 1 atom stereocenters. The number of hydrogen-bond acceptors (Lipinski definition) is 2. The summed E-state index contributed by atoms with van der Waals surface area (Å²) in [6.07, 6.45) is 4.85. The molecule has 2 nitrogen and oxygen atoms in total. The fourth-order valence-corrected chi connectivity index (χ4v) is 2.20. The number of benzene rings is 1. The largest absolute Gasteiger partial charge is 0.469 e. The highest BCUT2D eigenvalue weighted by atomic mass is 16.3. The molecule has 0 aliphatic heterocycles. The van der Waals surface area contributed by atoms with Gasteiger partial charge in [-0.25, -0.2) is 0 Å². The van der Waals surface area contributed by atoms with E-state index < -0.39 is 0 Å². The average molecular weight is 243 g/mol. The van der Waals surface area contributed by atoms with Crippen LogP contribution in [0.25, 0.3) is 0 Å². The smallest absolute Gasteiger partial charge is 0.103 e.